The molecule has 2 unspecified atom stereocenters. The van der Waals surface area contributed by atoms with Crippen molar-refractivity contribution in [2.45, 2.75) is 64.2 Å². The average Bonchev–Trinajstić information content (AvgIpc) is 3.79. The molecule has 0 aromatic heterocycles. The molecule has 0 radical (unpaired) electrons. The van der Waals surface area contributed by atoms with E-state index in [2.05, 4.69) is 87.5 Å². The lowest BCUT2D eigenvalue weighted by Gasteiger charge is -2.40. The van der Waals surface area contributed by atoms with E-state index in [4.69, 9.17) is 9.47 Å². The maximum Gasteiger partial charge on any atom is 0.131 e. The van der Waals surface area contributed by atoms with Crippen LogP contribution in [-0.2, 0) is 10.8 Å². The van der Waals surface area contributed by atoms with E-state index in [1.807, 2.05) is 6.92 Å². The number of benzene rings is 3. The molecule has 0 spiro atoms. The van der Waals surface area contributed by atoms with Gasteiger partial charge in [-0.05, 0) is 84.7 Å². The van der Waals surface area contributed by atoms with E-state index in [-0.39, 0.29) is 5.41 Å². The molecule has 2 heteroatoms. The van der Waals surface area contributed by atoms with Crippen LogP contribution in [0.1, 0.15) is 64.5 Å². The SMILES string of the molecule is CCOc1cc(Oc2ccc(-c3ccc(C(C)(C)C4CC5C(CC)=C54)cc3)cc2)ccc1C12CC1C2. The third kappa shape index (κ3) is 3.37. The molecule has 0 N–H and O–H groups in total. The van der Waals surface area contributed by atoms with Crippen molar-refractivity contribution < 1.29 is 9.47 Å². The number of fused-ring (bicyclic) bond motifs is 2. The molecular formula is C34H36O2. The molecule has 36 heavy (non-hydrogen) atoms. The fourth-order valence-electron chi connectivity index (χ4n) is 6.95. The van der Waals surface area contributed by atoms with Gasteiger partial charge in [-0.2, -0.15) is 0 Å². The zero-order chi connectivity index (χ0) is 24.7. The first-order valence-electron chi connectivity index (χ1n) is 13.8. The van der Waals surface area contributed by atoms with Gasteiger partial charge in [-0.25, -0.2) is 0 Å². The van der Waals surface area contributed by atoms with Crippen LogP contribution in [0.15, 0.2) is 77.9 Å². The molecule has 0 saturated heterocycles. The summed E-state index contributed by atoms with van der Waals surface area (Å²) in [6.45, 7) is 9.88. The Morgan fingerprint density at radius 2 is 1.50 bits per heavy atom. The normalized spacial score (nSPS) is 27.1. The van der Waals surface area contributed by atoms with Gasteiger partial charge in [0.15, 0.2) is 0 Å². The van der Waals surface area contributed by atoms with E-state index in [1.54, 1.807) is 11.1 Å². The number of allylic oxidation sites excluding steroid dienone is 2. The first-order valence-corrected chi connectivity index (χ1v) is 13.8. The molecule has 3 aromatic carbocycles. The summed E-state index contributed by atoms with van der Waals surface area (Å²) < 4.78 is 12.2. The Morgan fingerprint density at radius 3 is 2.08 bits per heavy atom. The van der Waals surface area contributed by atoms with Gasteiger partial charge >= 0.3 is 0 Å². The van der Waals surface area contributed by atoms with Gasteiger partial charge in [0.2, 0.25) is 0 Å². The molecular weight excluding hydrogens is 440 g/mol. The molecule has 7 rings (SSSR count). The molecule has 0 amide bonds. The van der Waals surface area contributed by atoms with Crippen molar-refractivity contribution in [3.63, 3.8) is 0 Å². The molecule has 3 saturated carbocycles. The minimum absolute atomic E-state index is 0.203. The molecule has 4 aliphatic carbocycles. The number of ether oxygens (including phenoxy) is 2. The average molecular weight is 477 g/mol. The Kier molecular flexibility index (Phi) is 4.78. The molecule has 3 aromatic rings. The summed E-state index contributed by atoms with van der Waals surface area (Å²) in [7, 11) is 0. The van der Waals surface area contributed by atoms with Gasteiger partial charge in [-0.1, -0.05) is 74.4 Å². The number of hydrogen-bond donors (Lipinski definition) is 0. The van der Waals surface area contributed by atoms with Gasteiger partial charge < -0.3 is 9.47 Å². The van der Waals surface area contributed by atoms with Crippen molar-refractivity contribution in [3.8, 4) is 28.4 Å². The molecule has 3 fully saturated rings. The van der Waals surface area contributed by atoms with Crippen LogP contribution >= 0.6 is 0 Å². The highest BCUT2D eigenvalue weighted by atomic mass is 16.5. The molecule has 184 valence electrons. The van der Waals surface area contributed by atoms with Crippen LogP contribution in [0.5, 0.6) is 17.2 Å². The summed E-state index contributed by atoms with van der Waals surface area (Å²) in [5.74, 6) is 5.18. The highest BCUT2D eigenvalue weighted by molar-refractivity contribution is 5.65. The second-order valence-corrected chi connectivity index (χ2v) is 12.0. The third-order valence-electron chi connectivity index (χ3n) is 9.71. The van der Waals surface area contributed by atoms with Gasteiger partial charge in [0.25, 0.3) is 0 Å². The maximum absolute atomic E-state index is 6.21. The van der Waals surface area contributed by atoms with Gasteiger partial charge in [-0.3, -0.25) is 0 Å². The van der Waals surface area contributed by atoms with E-state index in [1.165, 1.54) is 47.9 Å². The summed E-state index contributed by atoms with van der Waals surface area (Å²) in [6, 6.07) is 24.1. The van der Waals surface area contributed by atoms with Crippen LogP contribution in [-0.4, -0.2) is 6.61 Å². The van der Waals surface area contributed by atoms with Crippen LogP contribution in [0, 0.1) is 17.8 Å². The third-order valence-corrected chi connectivity index (χ3v) is 9.71. The lowest BCUT2D eigenvalue weighted by Crippen LogP contribution is -2.34. The molecule has 2 atom stereocenters. The van der Waals surface area contributed by atoms with Crippen molar-refractivity contribution in [1.82, 2.24) is 0 Å². The van der Waals surface area contributed by atoms with Crippen molar-refractivity contribution in [1.29, 1.82) is 0 Å². The Labute approximate surface area is 215 Å². The quantitative estimate of drug-likeness (QED) is 0.287. The van der Waals surface area contributed by atoms with Crippen molar-refractivity contribution in [2.75, 3.05) is 6.61 Å². The molecule has 2 nitrogen and oxygen atoms in total. The van der Waals surface area contributed by atoms with Crippen LogP contribution in [0.25, 0.3) is 11.1 Å². The molecule has 4 aliphatic rings. The zero-order valence-corrected chi connectivity index (χ0v) is 21.9. The summed E-state index contributed by atoms with van der Waals surface area (Å²) in [4.78, 5) is 0. The van der Waals surface area contributed by atoms with E-state index < -0.39 is 0 Å². The van der Waals surface area contributed by atoms with Crippen LogP contribution in [0.4, 0.5) is 0 Å². The summed E-state index contributed by atoms with van der Waals surface area (Å²) in [6.07, 6.45) is 5.24. The Morgan fingerprint density at radius 1 is 0.861 bits per heavy atom. The Hall–Kier alpha value is -3.00. The van der Waals surface area contributed by atoms with Crippen LogP contribution < -0.4 is 9.47 Å². The lowest BCUT2D eigenvalue weighted by atomic mass is 9.64. The van der Waals surface area contributed by atoms with E-state index >= 15 is 0 Å². The predicted octanol–water partition coefficient (Wildman–Crippen LogP) is 8.84. The fraction of sp³-hybridized carbons (Fsp3) is 0.412. The Bertz CT molecular complexity index is 1350. The second kappa shape index (κ2) is 7.75. The highest BCUT2D eigenvalue weighted by Crippen LogP contribution is 2.76. The van der Waals surface area contributed by atoms with E-state index in [0.29, 0.717) is 12.0 Å². The summed E-state index contributed by atoms with van der Waals surface area (Å²) >= 11 is 0. The van der Waals surface area contributed by atoms with Crippen LogP contribution in [0.2, 0.25) is 0 Å². The highest BCUT2D eigenvalue weighted by Gasteiger charge is 2.71. The first kappa shape index (κ1) is 22.2. The molecule has 0 aliphatic heterocycles. The standard InChI is InChI=1S/C34H36O2/c1-5-27-28-18-30(32(27)28)33(3,4)23-11-7-21(8-12-23)22-9-13-25(14-10-22)36-26-15-16-29(31(17-26)35-6-2)34-19-24(34)20-34/h7-17,24,28,30H,5-6,18-20H2,1-4H3. The summed E-state index contributed by atoms with van der Waals surface area (Å²) in [5.41, 5.74) is 9.44. The van der Waals surface area contributed by atoms with E-state index in [0.717, 1.165) is 35.0 Å². The minimum Gasteiger partial charge on any atom is -0.493 e. The predicted molar refractivity (Wildman–Crippen MR) is 146 cm³/mol. The smallest absolute Gasteiger partial charge is 0.131 e. The van der Waals surface area contributed by atoms with E-state index in [9.17, 15) is 0 Å². The minimum atomic E-state index is 0.203. The van der Waals surface area contributed by atoms with Crippen molar-refractivity contribution in [3.05, 3.63) is 89.0 Å². The largest absolute Gasteiger partial charge is 0.493 e. The van der Waals surface area contributed by atoms with Gasteiger partial charge in [0.1, 0.15) is 17.2 Å². The van der Waals surface area contributed by atoms with Crippen molar-refractivity contribution >= 4 is 0 Å². The summed E-state index contributed by atoms with van der Waals surface area (Å²) in [5, 5.41) is 0. The maximum atomic E-state index is 6.21. The monoisotopic (exact) mass is 476 g/mol. The number of rotatable bonds is 9. The van der Waals surface area contributed by atoms with Crippen LogP contribution in [0.3, 0.4) is 0 Å². The first-order chi connectivity index (χ1) is 17.4. The molecule has 0 heterocycles. The topological polar surface area (TPSA) is 18.5 Å². The van der Waals surface area contributed by atoms with Gasteiger partial charge in [0, 0.05) is 23.0 Å². The van der Waals surface area contributed by atoms with Gasteiger partial charge in [-0.15, -0.1) is 0 Å². The zero-order valence-electron chi connectivity index (χ0n) is 21.9. The second-order valence-electron chi connectivity index (χ2n) is 12.0. The lowest BCUT2D eigenvalue weighted by molar-refractivity contribution is 0.279. The van der Waals surface area contributed by atoms with Gasteiger partial charge in [0.05, 0.1) is 6.61 Å². The fourth-order valence-corrected chi connectivity index (χ4v) is 6.95. The molecule has 0 bridgehead atoms. The number of hydrogen-bond acceptors (Lipinski definition) is 2. The Balaban J connectivity index is 1.05. The van der Waals surface area contributed by atoms with Crippen molar-refractivity contribution in [2.24, 2.45) is 17.8 Å².